The summed E-state index contributed by atoms with van der Waals surface area (Å²) in [6.45, 7) is 2.01. The number of ether oxygens (including phenoxy) is 1. The molecule has 4 nitrogen and oxygen atoms in total. The van der Waals surface area contributed by atoms with Gasteiger partial charge in [0.1, 0.15) is 5.75 Å². The molecular formula is C15H17NO3. The van der Waals surface area contributed by atoms with Crippen molar-refractivity contribution < 1.29 is 14.6 Å². The Labute approximate surface area is 111 Å². The molecule has 0 saturated heterocycles. The van der Waals surface area contributed by atoms with E-state index < -0.39 is 11.4 Å². The molecule has 2 aromatic rings. The quantitative estimate of drug-likeness (QED) is 0.890. The van der Waals surface area contributed by atoms with Gasteiger partial charge in [0.05, 0.1) is 18.0 Å². The third kappa shape index (κ3) is 1.56. The number of hydrogen-bond donors (Lipinski definition) is 2. The SMILES string of the molecule is COc1cc(C2(C(=O)O)CCC2)cc2c(C)c[nH]c12. The zero-order valence-electron chi connectivity index (χ0n) is 11.1. The van der Waals surface area contributed by atoms with E-state index >= 15 is 0 Å². The number of rotatable bonds is 3. The Morgan fingerprint density at radius 1 is 1.42 bits per heavy atom. The van der Waals surface area contributed by atoms with Gasteiger partial charge >= 0.3 is 5.97 Å². The molecular weight excluding hydrogens is 242 g/mol. The van der Waals surface area contributed by atoms with Crippen LogP contribution in [0.15, 0.2) is 18.3 Å². The molecule has 19 heavy (non-hydrogen) atoms. The summed E-state index contributed by atoms with van der Waals surface area (Å²) in [6.07, 6.45) is 4.31. The molecule has 0 amide bonds. The Balaban J connectivity index is 2.24. The lowest BCUT2D eigenvalue weighted by Crippen LogP contribution is -2.42. The maximum Gasteiger partial charge on any atom is 0.314 e. The summed E-state index contributed by atoms with van der Waals surface area (Å²) < 4.78 is 5.40. The summed E-state index contributed by atoms with van der Waals surface area (Å²) in [7, 11) is 1.61. The van der Waals surface area contributed by atoms with Crippen molar-refractivity contribution in [2.24, 2.45) is 0 Å². The lowest BCUT2D eigenvalue weighted by molar-refractivity contribution is -0.147. The normalized spacial score (nSPS) is 17.2. The van der Waals surface area contributed by atoms with Gasteiger partial charge in [-0.15, -0.1) is 0 Å². The van der Waals surface area contributed by atoms with Crippen molar-refractivity contribution >= 4 is 16.9 Å². The molecule has 100 valence electrons. The van der Waals surface area contributed by atoms with Gasteiger partial charge in [0.25, 0.3) is 0 Å². The number of carboxylic acids is 1. The highest BCUT2D eigenvalue weighted by Gasteiger charge is 2.46. The fourth-order valence-electron chi connectivity index (χ4n) is 2.93. The Hall–Kier alpha value is -1.97. The van der Waals surface area contributed by atoms with Gasteiger partial charge in [-0.05, 0) is 43.0 Å². The van der Waals surface area contributed by atoms with Gasteiger partial charge in [-0.25, -0.2) is 0 Å². The molecule has 3 rings (SSSR count). The van der Waals surface area contributed by atoms with E-state index in [9.17, 15) is 9.90 Å². The summed E-state index contributed by atoms with van der Waals surface area (Å²) >= 11 is 0. The van der Waals surface area contributed by atoms with Gasteiger partial charge in [-0.1, -0.05) is 6.42 Å². The second-order valence-corrected chi connectivity index (χ2v) is 5.31. The fraction of sp³-hybridized carbons (Fsp3) is 0.400. The number of methoxy groups -OCH3 is 1. The van der Waals surface area contributed by atoms with Crippen LogP contribution < -0.4 is 4.74 Å². The first-order valence-corrected chi connectivity index (χ1v) is 6.48. The fourth-order valence-corrected chi connectivity index (χ4v) is 2.93. The third-order valence-electron chi connectivity index (χ3n) is 4.35. The summed E-state index contributed by atoms with van der Waals surface area (Å²) in [6, 6.07) is 3.86. The van der Waals surface area contributed by atoms with Crippen LogP contribution in [-0.4, -0.2) is 23.2 Å². The maximum absolute atomic E-state index is 11.6. The highest BCUT2D eigenvalue weighted by atomic mass is 16.5. The minimum Gasteiger partial charge on any atom is -0.495 e. The van der Waals surface area contributed by atoms with E-state index in [4.69, 9.17) is 4.74 Å². The van der Waals surface area contributed by atoms with E-state index in [0.717, 1.165) is 28.5 Å². The van der Waals surface area contributed by atoms with Crippen molar-refractivity contribution in [3.63, 3.8) is 0 Å². The average Bonchev–Trinajstić information content (AvgIpc) is 2.69. The van der Waals surface area contributed by atoms with Crippen LogP contribution in [0.2, 0.25) is 0 Å². The van der Waals surface area contributed by atoms with E-state index in [1.807, 2.05) is 25.3 Å². The molecule has 1 aromatic carbocycles. The molecule has 1 aromatic heterocycles. The molecule has 1 saturated carbocycles. The maximum atomic E-state index is 11.6. The molecule has 0 aliphatic heterocycles. The number of carboxylic acid groups (broad SMARTS) is 1. The van der Waals surface area contributed by atoms with Gasteiger partial charge in [-0.3, -0.25) is 4.79 Å². The van der Waals surface area contributed by atoms with Crippen LogP contribution in [0, 0.1) is 6.92 Å². The van der Waals surface area contributed by atoms with Crippen molar-refractivity contribution in [1.82, 2.24) is 4.98 Å². The standard InChI is InChI=1S/C15H17NO3/c1-9-8-16-13-11(9)6-10(7-12(13)19-2)15(14(17)18)4-3-5-15/h6-8,16H,3-5H2,1-2H3,(H,17,18). The molecule has 1 fully saturated rings. The van der Waals surface area contributed by atoms with E-state index in [2.05, 4.69) is 4.98 Å². The summed E-state index contributed by atoms with van der Waals surface area (Å²) in [5.74, 6) is -0.0125. The number of aromatic amines is 1. The lowest BCUT2D eigenvalue weighted by Gasteiger charge is -2.38. The molecule has 1 heterocycles. The second-order valence-electron chi connectivity index (χ2n) is 5.31. The number of aryl methyl sites for hydroxylation is 1. The van der Waals surface area contributed by atoms with Crippen molar-refractivity contribution in [2.75, 3.05) is 7.11 Å². The Bertz CT molecular complexity index is 653. The predicted molar refractivity (Wildman–Crippen MR) is 72.8 cm³/mol. The molecule has 4 heteroatoms. The van der Waals surface area contributed by atoms with Crippen LogP contribution in [0.5, 0.6) is 5.75 Å². The second kappa shape index (κ2) is 4.02. The number of nitrogens with one attached hydrogen (secondary N) is 1. The highest BCUT2D eigenvalue weighted by Crippen LogP contribution is 2.46. The first-order valence-electron chi connectivity index (χ1n) is 6.48. The average molecular weight is 259 g/mol. The van der Waals surface area contributed by atoms with Crippen LogP contribution in [0.3, 0.4) is 0 Å². The summed E-state index contributed by atoms with van der Waals surface area (Å²) in [5, 5.41) is 10.6. The van der Waals surface area contributed by atoms with Crippen LogP contribution in [0.1, 0.15) is 30.4 Å². The highest BCUT2D eigenvalue weighted by molar-refractivity contribution is 5.92. The topological polar surface area (TPSA) is 62.3 Å². The minimum atomic E-state index is -0.728. The van der Waals surface area contributed by atoms with Gasteiger partial charge in [0.15, 0.2) is 0 Å². The Morgan fingerprint density at radius 3 is 2.68 bits per heavy atom. The zero-order valence-corrected chi connectivity index (χ0v) is 11.1. The summed E-state index contributed by atoms with van der Waals surface area (Å²) in [4.78, 5) is 14.8. The monoisotopic (exact) mass is 259 g/mol. The molecule has 0 atom stereocenters. The van der Waals surface area contributed by atoms with Crippen molar-refractivity contribution in [1.29, 1.82) is 0 Å². The van der Waals surface area contributed by atoms with Gasteiger partial charge in [0.2, 0.25) is 0 Å². The number of aromatic nitrogens is 1. The largest absolute Gasteiger partial charge is 0.495 e. The van der Waals surface area contributed by atoms with Crippen LogP contribution in [0.4, 0.5) is 0 Å². The Kier molecular flexibility index (Phi) is 2.55. The number of aliphatic carboxylic acids is 1. The van der Waals surface area contributed by atoms with Gasteiger partial charge in [0, 0.05) is 11.6 Å². The first kappa shape index (κ1) is 12.1. The smallest absolute Gasteiger partial charge is 0.314 e. The van der Waals surface area contributed by atoms with Crippen LogP contribution in [0.25, 0.3) is 10.9 Å². The lowest BCUT2D eigenvalue weighted by atomic mass is 9.64. The number of carbonyl (C=O) groups is 1. The molecule has 0 bridgehead atoms. The first-order chi connectivity index (χ1) is 9.08. The number of hydrogen-bond acceptors (Lipinski definition) is 2. The van der Waals surface area contributed by atoms with Crippen molar-refractivity contribution in [3.05, 3.63) is 29.5 Å². The zero-order chi connectivity index (χ0) is 13.6. The van der Waals surface area contributed by atoms with E-state index in [1.54, 1.807) is 7.11 Å². The molecule has 0 spiro atoms. The predicted octanol–water partition coefficient (Wildman–Crippen LogP) is 2.99. The van der Waals surface area contributed by atoms with Crippen molar-refractivity contribution in [3.8, 4) is 5.75 Å². The molecule has 1 aliphatic rings. The van der Waals surface area contributed by atoms with Crippen LogP contribution in [-0.2, 0) is 10.2 Å². The van der Waals surface area contributed by atoms with E-state index in [0.29, 0.717) is 18.6 Å². The summed E-state index contributed by atoms with van der Waals surface area (Å²) in [5.41, 5.74) is 2.18. The number of benzene rings is 1. The molecule has 0 radical (unpaired) electrons. The van der Waals surface area contributed by atoms with Gasteiger partial charge < -0.3 is 14.8 Å². The van der Waals surface area contributed by atoms with Crippen molar-refractivity contribution in [2.45, 2.75) is 31.6 Å². The molecule has 1 aliphatic carbocycles. The third-order valence-corrected chi connectivity index (χ3v) is 4.35. The van der Waals surface area contributed by atoms with Crippen LogP contribution >= 0.6 is 0 Å². The minimum absolute atomic E-state index is 0.709. The Morgan fingerprint density at radius 2 is 2.16 bits per heavy atom. The van der Waals surface area contributed by atoms with E-state index in [-0.39, 0.29) is 0 Å². The number of H-pyrrole nitrogens is 1. The molecule has 0 unspecified atom stereocenters. The van der Waals surface area contributed by atoms with E-state index in [1.165, 1.54) is 0 Å². The number of fused-ring (bicyclic) bond motifs is 1. The van der Waals surface area contributed by atoms with Gasteiger partial charge in [-0.2, -0.15) is 0 Å². The molecule has 2 N–H and O–H groups in total.